The van der Waals surface area contributed by atoms with Crippen molar-refractivity contribution in [1.82, 2.24) is 14.9 Å². The van der Waals surface area contributed by atoms with Crippen LogP contribution in [0.4, 0.5) is 0 Å². The zero-order chi connectivity index (χ0) is 16.1. The lowest BCUT2D eigenvalue weighted by Crippen LogP contribution is -2.51. The maximum atomic E-state index is 12.8. The normalized spacial score (nSPS) is 19.3. The molecule has 122 valence electrons. The van der Waals surface area contributed by atoms with E-state index in [1.54, 1.807) is 19.1 Å². The number of sulfonamides is 1. The maximum absolute atomic E-state index is 12.8. The molecule has 1 saturated carbocycles. The van der Waals surface area contributed by atoms with E-state index >= 15 is 0 Å². The van der Waals surface area contributed by atoms with E-state index in [0.29, 0.717) is 29.5 Å². The number of hydrogen-bond acceptors (Lipinski definition) is 5. The molecule has 4 rings (SSSR count). The van der Waals surface area contributed by atoms with Crippen LogP contribution in [0.2, 0.25) is 0 Å². The molecule has 2 aliphatic carbocycles. The lowest BCUT2D eigenvalue weighted by atomic mass is 9.77. The lowest BCUT2D eigenvalue weighted by molar-refractivity contribution is 0.203. The Hall–Kier alpha value is -1.73. The number of nitrogens with zero attached hydrogens (tertiary/aromatic N) is 2. The van der Waals surface area contributed by atoms with E-state index in [0.717, 1.165) is 31.2 Å². The third kappa shape index (κ3) is 2.48. The van der Waals surface area contributed by atoms with Crippen LogP contribution in [0, 0.1) is 6.92 Å². The van der Waals surface area contributed by atoms with Crippen molar-refractivity contribution in [3.8, 4) is 0 Å². The molecule has 0 atom stereocenters. The molecule has 1 heterocycles. The third-order valence-corrected chi connectivity index (χ3v) is 6.41. The van der Waals surface area contributed by atoms with E-state index < -0.39 is 15.6 Å². The van der Waals surface area contributed by atoms with Gasteiger partial charge in [-0.15, -0.1) is 0 Å². The second-order valence-corrected chi connectivity index (χ2v) is 8.14. The van der Waals surface area contributed by atoms with Gasteiger partial charge in [0.2, 0.25) is 15.9 Å². The molecule has 0 aliphatic heterocycles. The van der Waals surface area contributed by atoms with E-state index in [9.17, 15) is 8.42 Å². The van der Waals surface area contributed by atoms with Crippen molar-refractivity contribution in [1.29, 1.82) is 0 Å². The molecule has 2 aliphatic rings. The Labute approximate surface area is 135 Å². The van der Waals surface area contributed by atoms with Crippen LogP contribution in [0.3, 0.4) is 0 Å². The van der Waals surface area contributed by atoms with E-state index in [1.165, 1.54) is 5.56 Å². The number of hydrogen-bond donors (Lipinski definition) is 1. The fourth-order valence-corrected chi connectivity index (χ4v) is 4.90. The molecule has 1 aromatic carbocycles. The molecular formula is C16H19N3O3S. The second-order valence-electron chi connectivity index (χ2n) is 6.46. The summed E-state index contributed by atoms with van der Waals surface area (Å²) in [6, 6.07) is 5.43. The molecule has 0 saturated heterocycles. The number of benzene rings is 1. The molecule has 6 nitrogen and oxygen atoms in total. The van der Waals surface area contributed by atoms with Crippen molar-refractivity contribution in [2.75, 3.05) is 0 Å². The average molecular weight is 333 g/mol. The zero-order valence-corrected chi connectivity index (χ0v) is 13.8. The fraction of sp³-hybridized carbons (Fsp3) is 0.500. The summed E-state index contributed by atoms with van der Waals surface area (Å²) in [7, 11) is -3.61. The Morgan fingerprint density at radius 1 is 1.17 bits per heavy atom. The molecule has 2 aromatic rings. The van der Waals surface area contributed by atoms with Gasteiger partial charge in [-0.1, -0.05) is 11.2 Å². The minimum atomic E-state index is -3.61. The van der Waals surface area contributed by atoms with Crippen LogP contribution in [0.25, 0.3) is 0 Å². The van der Waals surface area contributed by atoms with Gasteiger partial charge in [0.25, 0.3) is 0 Å². The van der Waals surface area contributed by atoms with Crippen molar-refractivity contribution in [3.05, 3.63) is 41.0 Å². The van der Waals surface area contributed by atoms with Gasteiger partial charge in [0, 0.05) is 6.92 Å². The van der Waals surface area contributed by atoms with Crippen LogP contribution in [0.1, 0.15) is 48.5 Å². The first-order valence-electron chi connectivity index (χ1n) is 7.95. The number of aromatic nitrogens is 2. The van der Waals surface area contributed by atoms with Gasteiger partial charge in [-0.05, 0) is 61.8 Å². The molecule has 0 bridgehead atoms. The van der Waals surface area contributed by atoms with E-state index in [2.05, 4.69) is 14.9 Å². The zero-order valence-electron chi connectivity index (χ0n) is 13.0. The van der Waals surface area contributed by atoms with Gasteiger partial charge in [0.15, 0.2) is 5.82 Å². The standard InChI is InChI=1S/C16H19N3O3S/c1-11-17-15(18-22-11)16(8-3-9-16)19-23(20,21)14-7-6-12-4-2-5-13(12)10-14/h6-7,10,19H,2-5,8-9H2,1H3. The van der Waals surface area contributed by atoms with Crippen molar-refractivity contribution in [2.24, 2.45) is 0 Å². The summed E-state index contributed by atoms with van der Waals surface area (Å²) in [5.74, 6) is 0.883. The minimum Gasteiger partial charge on any atom is -0.340 e. The first-order chi connectivity index (χ1) is 11.0. The highest BCUT2D eigenvalue weighted by atomic mass is 32.2. The molecule has 23 heavy (non-hydrogen) atoms. The second kappa shape index (κ2) is 5.14. The summed E-state index contributed by atoms with van der Waals surface area (Å²) >= 11 is 0. The summed E-state index contributed by atoms with van der Waals surface area (Å²) in [4.78, 5) is 4.56. The van der Waals surface area contributed by atoms with Gasteiger partial charge >= 0.3 is 0 Å². The van der Waals surface area contributed by atoms with Crippen LogP contribution >= 0.6 is 0 Å². The highest BCUT2D eigenvalue weighted by Gasteiger charge is 2.46. The molecule has 1 fully saturated rings. The molecule has 7 heteroatoms. The fourth-order valence-electron chi connectivity index (χ4n) is 3.43. The largest absolute Gasteiger partial charge is 0.340 e. The quantitative estimate of drug-likeness (QED) is 0.927. The van der Waals surface area contributed by atoms with Gasteiger partial charge < -0.3 is 4.52 Å². The number of rotatable bonds is 4. The third-order valence-electron chi connectivity index (χ3n) is 4.87. The Kier molecular flexibility index (Phi) is 3.32. The molecule has 0 spiro atoms. The smallest absolute Gasteiger partial charge is 0.241 e. The minimum absolute atomic E-state index is 0.324. The predicted octanol–water partition coefficient (Wildman–Crippen LogP) is 2.22. The van der Waals surface area contributed by atoms with Crippen LogP contribution in [-0.2, 0) is 28.4 Å². The molecule has 1 N–H and O–H groups in total. The summed E-state index contributed by atoms with van der Waals surface area (Å²) in [6.07, 6.45) is 5.41. The number of aryl methyl sites for hydroxylation is 3. The number of fused-ring (bicyclic) bond motifs is 1. The van der Waals surface area contributed by atoms with Gasteiger partial charge in [0.05, 0.1) is 10.4 Å². The molecule has 0 amide bonds. The summed E-state index contributed by atoms with van der Waals surface area (Å²) in [5.41, 5.74) is 1.68. The van der Waals surface area contributed by atoms with Gasteiger partial charge in [-0.25, -0.2) is 8.42 Å². The van der Waals surface area contributed by atoms with Gasteiger partial charge in [0.1, 0.15) is 0 Å². The van der Waals surface area contributed by atoms with Crippen LogP contribution in [0.5, 0.6) is 0 Å². The SMILES string of the molecule is Cc1nc(C2(NS(=O)(=O)c3ccc4c(c3)CCC4)CCC2)no1. The van der Waals surface area contributed by atoms with Crippen LogP contribution in [0.15, 0.2) is 27.6 Å². The molecule has 0 unspecified atom stereocenters. The summed E-state index contributed by atoms with van der Waals surface area (Å²) < 4.78 is 33.5. The van der Waals surface area contributed by atoms with Gasteiger partial charge in [-0.2, -0.15) is 9.71 Å². The predicted molar refractivity (Wildman–Crippen MR) is 83.4 cm³/mol. The van der Waals surface area contributed by atoms with Crippen molar-refractivity contribution >= 4 is 10.0 Å². The Balaban J connectivity index is 1.66. The highest BCUT2D eigenvalue weighted by molar-refractivity contribution is 7.89. The van der Waals surface area contributed by atoms with Crippen molar-refractivity contribution in [3.63, 3.8) is 0 Å². The summed E-state index contributed by atoms with van der Waals surface area (Å²) in [6.45, 7) is 1.71. The topological polar surface area (TPSA) is 85.1 Å². The van der Waals surface area contributed by atoms with Gasteiger partial charge in [-0.3, -0.25) is 0 Å². The highest BCUT2D eigenvalue weighted by Crippen LogP contribution is 2.41. The van der Waals surface area contributed by atoms with E-state index in [1.807, 2.05) is 6.07 Å². The van der Waals surface area contributed by atoms with Crippen LogP contribution in [-0.4, -0.2) is 18.6 Å². The molecule has 0 radical (unpaired) electrons. The molecular weight excluding hydrogens is 314 g/mol. The van der Waals surface area contributed by atoms with E-state index in [-0.39, 0.29) is 0 Å². The van der Waals surface area contributed by atoms with Crippen LogP contribution < -0.4 is 4.72 Å². The van der Waals surface area contributed by atoms with Crippen molar-refractivity contribution in [2.45, 2.75) is 55.9 Å². The first-order valence-corrected chi connectivity index (χ1v) is 9.43. The Morgan fingerprint density at radius 3 is 2.61 bits per heavy atom. The number of nitrogens with one attached hydrogen (secondary N) is 1. The first kappa shape index (κ1) is 14.8. The van der Waals surface area contributed by atoms with E-state index in [4.69, 9.17) is 4.52 Å². The maximum Gasteiger partial charge on any atom is 0.241 e. The average Bonchev–Trinajstić information content (AvgIpc) is 3.10. The monoisotopic (exact) mass is 333 g/mol. The molecule has 1 aromatic heterocycles. The lowest BCUT2D eigenvalue weighted by Gasteiger charge is -2.39. The summed E-state index contributed by atoms with van der Waals surface area (Å²) in [5, 5.41) is 3.93. The Bertz CT molecular complexity index is 853. The Morgan fingerprint density at radius 2 is 1.96 bits per heavy atom. The van der Waals surface area contributed by atoms with Crippen molar-refractivity contribution < 1.29 is 12.9 Å².